The van der Waals surface area contributed by atoms with E-state index < -0.39 is 69.4 Å². The van der Waals surface area contributed by atoms with Gasteiger partial charge in [0.05, 0.1) is 6.61 Å². The number of hydrogen-bond donors (Lipinski definition) is 1. The second kappa shape index (κ2) is 11.2. The molecule has 14 heteroatoms. The van der Waals surface area contributed by atoms with Crippen LogP contribution in [0.25, 0.3) is 0 Å². The molecule has 5 fully saturated rings. The lowest BCUT2D eigenvalue weighted by Crippen LogP contribution is -2.65. The van der Waals surface area contributed by atoms with Gasteiger partial charge in [0.2, 0.25) is 0 Å². The van der Waals surface area contributed by atoms with Crippen molar-refractivity contribution in [3.63, 3.8) is 0 Å². The summed E-state index contributed by atoms with van der Waals surface area (Å²) >= 11 is 0. The van der Waals surface area contributed by atoms with E-state index in [-0.39, 0.29) is 30.2 Å². The smallest absolute Gasteiger partial charge is 0.348 e. The fourth-order valence-corrected chi connectivity index (χ4v) is 9.79. The molecule has 1 aromatic carbocycles. The summed E-state index contributed by atoms with van der Waals surface area (Å²) in [5.74, 6) is -1.46. The zero-order chi connectivity index (χ0) is 30.1. The second-order valence-corrected chi connectivity index (χ2v) is 16.1. The minimum Gasteiger partial charge on any atom is -0.348 e. The Hall–Kier alpha value is -0.880. The van der Waals surface area contributed by atoms with Crippen LogP contribution in [0.4, 0.5) is 0 Å². The van der Waals surface area contributed by atoms with Crippen LogP contribution >= 0.6 is 0 Å². The Kier molecular flexibility index (Phi) is 8.28. The number of ether oxygens (including phenoxy) is 8. The van der Waals surface area contributed by atoms with Gasteiger partial charge < -0.3 is 37.9 Å². The highest BCUT2D eigenvalue weighted by Crippen LogP contribution is 2.44. The number of hydrogen-bond acceptors (Lipinski definition) is 11. The first-order chi connectivity index (χ1) is 19.6. The van der Waals surface area contributed by atoms with Gasteiger partial charge in [-0.05, 0) is 41.5 Å². The van der Waals surface area contributed by atoms with E-state index in [9.17, 15) is 13.0 Å². The third kappa shape index (κ3) is 6.70. The van der Waals surface area contributed by atoms with Gasteiger partial charge in [0.15, 0.2) is 28.9 Å². The third-order valence-corrected chi connectivity index (χ3v) is 11.3. The zero-order valence-corrected chi connectivity index (χ0v) is 26.3. The Morgan fingerprint density at radius 1 is 0.833 bits per heavy atom. The van der Waals surface area contributed by atoms with Crippen molar-refractivity contribution in [2.24, 2.45) is 0 Å². The number of benzene rings is 1. The van der Waals surface area contributed by atoms with E-state index in [0.717, 1.165) is 5.56 Å². The van der Waals surface area contributed by atoms with Crippen molar-refractivity contribution in [1.29, 1.82) is 0 Å². The molecule has 0 amide bonds. The molecular weight excluding hydrogens is 592 g/mol. The molecule has 5 heterocycles. The average molecular weight is 634 g/mol. The van der Waals surface area contributed by atoms with Gasteiger partial charge in [-0.3, -0.25) is 4.55 Å². The Labute approximate surface area is 249 Å². The molecule has 12 nitrogen and oxygen atoms in total. The summed E-state index contributed by atoms with van der Waals surface area (Å²) in [5, 5.41) is -0.0618. The highest BCUT2D eigenvalue weighted by atomic mass is 32.3. The van der Waals surface area contributed by atoms with Crippen molar-refractivity contribution < 1.29 is 55.0 Å². The Morgan fingerprint density at radius 2 is 1.48 bits per heavy atom. The van der Waals surface area contributed by atoms with Gasteiger partial charge in [-0.25, -0.2) is 4.18 Å². The second-order valence-electron chi connectivity index (χ2n) is 12.7. The van der Waals surface area contributed by atoms with Crippen LogP contribution in [0.5, 0.6) is 0 Å². The summed E-state index contributed by atoms with van der Waals surface area (Å²) in [6.07, 6.45) is -5.27. The first kappa shape index (κ1) is 31.1. The maximum atomic E-state index is 12.2. The molecule has 6 rings (SSSR count). The minimum absolute atomic E-state index is 0.0618. The van der Waals surface area contributed by atoms with Crippen molar-refractivity contribution in [2.75, 3.05) is 24.7 Å². The molecule has 10 atom stereocenters. The quantitative estimate of drug-likeness (QED) is 0.364. The van der Waals surface area contributed by atoms with Gasteiger partial charge >= 0.3 is 10.4 Å². The van der Waals surface area contributed by atoms with Crippen LogP contribution < -0.4 is 0 Å². The number of rotatable bonds is 6. The summed E-state index contributed by atoms with van der Waals surface area (Å²) in [6.45, 7) is 11.7. The van der Waals surface area contributed by atoms with Gasteiger partial charge in [-0.15, -0.1) is 0 Å². The highest BCUT2D eigenvalue weighted by Gasteiger charge is 2.63. The van der Waals surface area contributed by atoms with E-state index in [1.54, 1.807) is 13.8 Å². The molecule has 0 radical (unpaired) electrons. The maximum Gasteiger partial charge on any atom is 0.397 e. The van der Waals surface area contributed by atoms with E-state index in [2.05, 4.69) is 0 Å². The van der Waals surface area contributed by atoms with Crippen LogP contribution in [0.3, 0.4) is 0 Å². The predicted octanol–water partition coefficient (Wildman–Crippen LogP) is 2.48. The molecule has 5 aliphatic heterocycles. The van der Waals surface area contributed by atoms with E-state index in [1.807, 2.05) is 58.0 Å². The molecule has 0 aliphatic carbocycles. The SMILES string of the molecule is CC1(C)OC[C@H]2[C@@H](O1)[C@@H]1OC(C)(C)O[C@@H]1C[S+]2C[C@@H]1OC(c2ccccc2)O[C@H]([C@H]2COC(C)(C)O2)[C@@H]1OS(=O)(=O)O. The summed E-state index contributed by atoms with van der Waals surface area (Å²) in [7, 11) is -5.34. The zero-order valence-electron chi connectivity index (χ0n) is 24.7. The van der Waals surface area contributed by atoms with Gasteiger partial charge in [-0.2, -0.15) is 8.42 Å². The molecule has 1 N–H and O–H groups in total. The van der Waals surface area contributed by atoms with Crippen LogP contribution in [0.2, 0.25) is 0 Å². The molecule has 236 valence electrons. The normalized spacial score (nSPS) is 42.5. The fourth-order valence-electron chi connectivity index (χ4n) is 6.42. The molecule has 0 spiro atoms. The van der Waals surface area contributed by atoms with Crippen molar-refractivity contribution in [3.05, 3.63) is 35.9 Å². The fraction of sp³-hybridized carbons (Fsp3) is 0.786. The van der Waals surface area contributed by atoms with Crippen molar-refractivity contribution in [3.8, 4) is 0 Å². The lowest BCUT2D eigenvalue weighted by atomic mass is 10.0. The predicted molar refractivity (Wildman–Crippen MR) is 150 cm³/mol. The highest BCUT2D eigenvalue weighted by molar-refractivity contribution is 7.97. The van der Waals surface area contributed by atoms with Crippen LogP contribution in [-0.4, -0.2) is 103 Å². The Bertz CT molecular complexity index is 1220. The standard InChI is InChI=1S/C28H40O12S2/c1-26(2)32-12-17(36-26)21-23(40-42(29,30)31)18(34-25(35-21)16-10-8-7-9-11-16)14-41-15-19-22(38-28(5,6)37-19)24-20(41)13-33-27(3,4)39-24/h7-11,17-25H,12-15H2,1-6H3/p+1/t17-,18+,19-,20+,21-,22-,23-,24-,25?,41?/m1/s1. The molecule has 0 saturated carbocycles. The van der Waals surface area contributed by atoms with Crippen molar-refractivity contribution in [2.45, 2.75) is 113 Å². The Morgan fingerprint density at radius 3 is 2.14 bits per heavy atom. The monoisotopic (exact) mass is 633 g/mol. The Balaban J connectivity index is 1.33. The average Bonchev–Trinajstić information content (AvgIpc) is 3.41. The van der Waals surface area contributed by atoms with Crippen LogP contribution in [0, 0.1) is 0 Å². The van der Waals surface area contributed by atoms with Gasteiger partial charge in [0.25, 0.3) is 0 Å². The van der Waals surface area contributed by atoms with Crippen molar-refractivity contribution >= 4 is 21.3 Å². The lowest BCUT2D eigenvalue weighted by molar-refractivity contribution is -0.299. The number of fused-ring (bicyclic) bond motifs is 3. The molecule has 42 heavy (non-hydrogen) atoms. The molecule has 2 unspecified atom stereocenters. The van der Waals surface area contributed by atoms with Gasteiger partial charge in [-0.1, -0.05) is 30.3 Å². The topological polar surface area (TPSA) is 137 Å². The first-order valence-electron chi connectivity index (χ1n) is 14.3. The largest absolute Gasteiger partial charge is 0.397 e. The summed E-state index contributed by atoms with van der Waals surface area (Å²) in [6, 6.07) is 9.38. The molecule has 1 aromatic rings. The van der Waals surface area contributed by atoms with Gasteiger partial charge in [0.1, 0.15) is 60.8 Å². The molecule has 5 saturated heterocycles. The van der Waals surface area contributed by atoms with Gasteiger partial charge in [0, 0.05) is 16.5 Å². The van der Waals surface area contributed by atoms with Crippen molar-refractivity contribution in [1.82, 2.24) is 0 Å². The third-order valence-electron chi connectivity index (χ3n) is 8.08. The van der Waals surface area contributed by atoms with E-state index in [0.29, 0.717) is 18.1 Å². The van der Waals surface area contributed by atoms with Crippen LogP contribution in [0.15, 0.2) is 30.3 Å². The molecule has 0 aromatic heterocycles. The summed E-state index contributed by atoms with van der Waals surface area (Å²) < 4.78 is 89.4. The van der Waals surface area contributed by atoms with E-state index in [1.165, 1.54) is 0 Å². The first-order valence-corrected chi connectivity index (χ1v) is 17.2. The van der Waals surface area contributed by atoms with E-state index >= 15 is 0 Å². The lowest BCUT2D eigenvalue weighted by Gasteiger charge is -2.47. The summed E-state index contributed by atoms with van der Waals surface area (Å²) in [4.78, 5) is 0. The van der Waals surface area contributed by atoms with Crippen LogP contribution in [0.1, 0.15) is 53.4 Å². The molecule has 5 aliphatic rings. The van der Waals surface area contributed by atoms with E-state index in [4.69, 9.17) is 42.1 Å². The molecule has 0 bridgehead atoms. The maximum absolute atomic E-state index is 12.2. The summed E-state index contributed by atoms with van der Waals surface area (Å²) in [5.41, 5.74) is 0.751. The molecular formula is C28H41O12S2+. The van der Waals surface area contributed by atoms with Crippen LogP contribution in [-0.2, 0) is 63.4 Å². The minimum atomic E-state index is -4.89.